The predicted octanol–water partition coefficient (Wildman–Crippen LogP) is 4.02. The van der Waals surface area contributed by atoms with Crippen LogP contribution in [0.3, 0.4) is 0 Å². The molecule has 0 aliphatic rings. The minimum atomic E-state index is -0.736. The summed E-state index contributed by atoms with van der Waals surface area (Å²) in [6.07, 6.45) is -0.295. The fourth-order valence-electron chi connectivity index (χ4n) is 2.61. The van der Waals surface area contributed by atoms with E-state index in [9.17, 15) is 14.9 Å². The number of carbonyl (C=O) groups excluding carboxylic acids is 1. The van der Waals surface area contributed by atoms with Gasteiger partial charge < -0.3 is 14.8 Å². The van der Waals surface area contributed by atoms with Crippen molar-refractivity contribution in [3.05, 3.63) is 57.6 Å². The molecule has 0 spiro atoms. The number of nitro groups is 1. The second-order valence-corrected chi connectivity index (χ2v) is 5.97. The molecule has 0 saturated heterocycles. The van der Waals surface area contributed by atoms with Gasteiger partial charge >= 0.3 is 0 Å². The average Bonchev–Trinajstić information content (AvgIpc) is 2.58. The predicted molar refractivity (Wildman–Crippen MR) is 98.9 cm³/mol. The number of nitrogens with zero attached hydrogens (tertiary/aromatic N) is 1. The maximum Gasteiger partial charge on any atom is 0.271 e. The zero-order valence-corrected chi connectivity index (χ0v) is 15.2. The standard InChI is InChI=1S/C19H22N2O5/c1-5-17(26-15-9-12(2)8-13(3)10-15)19(22)20-16-11-14(21(23)24)6-7-18(16)25-4/h6-11,17H,5H2,1-4H3,(H,20,22)/t17-/m1/s1. The third-order valence-corrected chi connectivity index (χ3v) is 3.79. The summed E-state index contributed by atoms with van der Waals surface area (Å²) >= 11 is 0. The molecule has 0 aliphatic carbocycles. The normalized spacial score (nSPS) is 11.5. The molecular weight excluding hydrogens is 336 g/mol. The molecule has 2 aromatic rings. The van der Waals surface area contributed by atoms with Gasteiger partial charge in [0, 0.05) is 12.1 Å². The number of rotatable bonds is 7. The third-order valence-electron chi connectivity index (χ3n) is 3.79. The molecule has 0 aliphatic heterocycles. The Bertz CT molecular complexity index is 799. The molecule has 1 amide bonds. The second kappa shape index (κ2) is 8.33. The fourth-order valence-corrected chi connectivity index (χ4v) is 2.61. The Morgan fingerprint density at radius 1 is 1.19 bits per heavy atom. The van der Waals surface area contributed by atoms with Crippen molar-refractivity contribution in [2.45, 2.75) is 33.3 Å². The summed E-state index contributed by atoms with van der Waals surface area (Å²) < 4.78 is 11.0. The first-order valence-corrected chi connectivity index (χ1v) is 8.22. The first kappa shape index (κ1) is 19.2. The number of nitro benzene ring substituents is 1. The lowest BCUT2D eigenvalue weighted by atomic mass is 10.1. The van der Waals surface area contributed by atoms with Crippen molar-refractivity contribution < 1.29 is 19.2 Å². The van der Waals surface area contributed by atoms with E-state index in [1.807, 2.05) is 39.0 Å². The van der Waals surface area contributed by atoms with Gasteiger partial charge in [0.1, 0.15) is 11.5 Å². The molecule has 0 fully saturated rings. The highest BCUT2D eigenvalue weighted by molar-refractivity contribution is 5.96. The van der Waals surface area contributed by atoms with E-state index in [2.05, 4.69) is 5.32 Å². The minimum absolute atomic E-state index is 0.135. The van der Waals surface area contributed by atoms with E-state index >= 15 is 0 Å². The van der Waals surface area contributed by atoms with Gasteiger partial charge in [0.2, 0.25) is 0 Å². The molecule has 7 nitrogen and oxygen atoms in total. The zero-order chi connectivity index (χ0) is 19.3. The Balaban J connectivity index is 2.21. The number of amides is 1. The van der Waals surface area contributed by atoms with E-state index in [0.717, 1.165) is 11.1 Å². The Labute approximate surface area is 152 Å². The van der Waals surface area contributed by atoms with Gasteiger partial charge in [0.05, 0.1) is 17.7 Å². The lowest BCUT2D eigenvalue weighted by Gasteiger charge is -2.19. The van der Waals surface area contributed by atoms with Crippen molar-refractivity contribution in [2.75, 3.05) is 12.4 Å². The number of methoxy groups -OCH3 is 1. The fraction of sp³-hybridized carbons (Fsp3) is 0.316. The summed E-state index contributed by atoms with van der Waals surface area (Å²) in [6, 6.07) is 9.76. The molecule has 0 bridgehead atoms. The van der Waals surface area contributed by atoms with Crippen LogP contribution in [-0.4, -0.2) is 24.0 Å². The Kier molecular flexibility index (Phi) is 6.16. The summed E-state index contributed by atoms with van der Waals surface area (Å²) in [5.41, 5.74) is 2.17. The number of anilines is 1. The Morgan fingerprint density at radius 2 is 1.85 bits per heavy atom. The third kappa shape index (κ3) is 4.72. The summed E-state index contributed by atoms with van der Waals surface area (Å²) in [4.78, 5) is 23.0. The van der Waals surface area contributed by atoms with Crippen LogP contribution in [0.2, 0.25) is 0 Å². The number of hydrogen-bond donors (Lipinski definition) is 1. The van der Waals surface area contributed by atoms with Gasteiger partial charge in [0.25, 0.3) is 11.6 Å². The largest absolute Gasteiger partial charge is 0.495 e. The van der Waals surface area contributed by atoms with Crippen LogP contribution in [0, 0.1) is 24.0 Å². The number of non-ortho nitro benzene ring substituents is 1. The molecule has 0 unspecified atom stereocenters. The molecule has 2 aromatic carbocycles. The number of aryl methyl sites for hydroxylation is 2. The van der Waals surface area contributed by atoms with Crippen molar-refractivity contribution >= 4 is 17.3 Å². The summed E-state index contributed by atoms with van der Waals surface area (Å²) in [5.74, 6) is 0.547. The van der Waals surface area contributed by atoms with Crippen molar-refractivity contribution in [3.8, 4) is 11.5 Å². The van der Waals surface area contributed by atoms with Gasteiger partial charge in [-0.25, -0.2) is 0 Å². The van der Waals surface area contributed by atoms with Crippen molar-refractivity contribution in [3.63, 3.8) is 0 Å². The molecule has 26 heavy (non-hydrogen) atoms. The van der Waals surface area contributed by atoms with E-state index in [1.54, 1.807) is 0 Å². The maximum atomic E-state index is 12.6. The van der Waals surface area contributed by atoms with Gasteiger partial charge in [-0.2, -0.15) is 0 Å². The van der Waals surface area contributed by atoms with Crippen LogP contribution in [-0.2, 0) is 4.79 Å². The molecule has 0 heterocycles. The molecule has 138 valence electrons. The molecule has 0 aromatic heterocycles. The van der Waals surface area contributed by atoms with Gasteiger partial charge in [0.15, 0.2) is 6.10 Å². The quantitative estimate of drug-likeness (QED) is 0.596. The van der Waals surface area contributed by atoms with E-state index in [0.29, 0.717) is 17.9 Å². The number of nitrogens with one attached hydrogen (secondary N) is 1. The van der Waals surface area contributed by atoms with Gasteiger partial charge in [-0.1, -0.05) is 13.0 Å². The topological polar surface area (TPSA) is 90.7 Å². The van der Waals surface area contributed by atoms with E-state index in [4.69, 9.17) is 9.47 Å². The second-order valence-electron chi connectivity index (χ2n) is 5.97. The van der Waals surface area contributed by atoms with Crippen LogP contribution < -0.4 is 14.8 Å². The molecule has 0 radical (unpaired) electrons. The van der Waals surface area contributed by atoms with E-state index < -0.39 is 16.9 Å². The van der Waals surface area contributed by atoms with Crippen LogP contribution >= 0.6 is 0 Å². The SMILES string of the molecule is CC[C@@H](Oc1cc(C)cc(C)c1)C(=O)Nc1cc([N+](=O)[O-])ccc1OC. The minimum Gasteiger partial charge on any atom is -0.495 e. The molecule has 7 heteroatoms. The highest BCUT2D eigenvalue weighted by Gasteiger charge is 2.21. The highest BCUT2D eigenvalue weighted by Crippen LogP contribution is 2.29. The van der Waals surface area contributed by atoms with Crippen LogP contribution in [0.5, 0.6) is 11.5 Å². The van der Waals surface area contributed by atoms with E-state index in [1.165, 1.54) is 25.3 Å². The van der Waals surface area contributed by atoms with Crippen LogP contribution in [0.25, 0.3) is 0 Å². The Hall–Kier alpha value is -3.09. The lowest BCUT2D eigenvalue weighted by molar-refractivity contribution is -0.384. The average molecular weight is 358 g/mol. The van der Waals surface area contributed by atoms with Crippen LogP contribution in [0.15, 0.2) is 36.4 Å². The maximum absolute atomic E-state index is 12.6. The summed E-state index contributed by atoms with van der Waals surface area (Å²) in [5, 5.41) is 13.6. The Morgan fingerprint density at radius 3 is 2.38 bits per heavy atom. The first-order valence-electron chi connectivity index (χ1n) is 8.22. The van der Waals surface area contributed by atoms with Gasteiger partial charge in [-0.05, 0) is 49.6 Å². The van der Waals surface area contributed by atoms with Crippen LogP contribution in [0.4, 0.5) is 11.4 Å². The number of ether oxygens (including phenoxy) is 2. The van der Waals surface area contributed by atoms with Crippen molar-refractivity contribution in [1.82, 2.24) is 0 Å². The zero-order valence-electron chi connectivity index (χ0n) is 15.2. The number of carbonyl (C=O) groups is 1. The van der Waals surface area contributed by atoms with Crippen molar-refractivity contribution in [2.24, 2.45) is 0 Å². The highest BCUT2D eigenvalue weighted by atomic mass is 16.6. The molecular formula is C19H22N2O5. The molecule has 1 N–H and O–H groups in total. The monoisotopic (exact) mass is 358 g/mol. The van der Waals surface area contributed by atoms with Crippen molar-refractivity contribution in [1.29, 1.82) is 0 Å². The number of benzene rings is 2. The first-order chi connectivity index (χ1) is 12.3. The summed E-state index contributed by atoms with van der Waals surface area (Å²) in [7, 11) is 1.43. The lowest BCUT2D eigenvalue weighted by Crippen LogP contribution is -2.32. The smallest absolute Gasteiger partial charge is 0.271 e. The summed E-state index contributed by atoms with van der Waals surface area (Å²) in [6.45, 7) is 5.74. The van der Waals surface area contributed by atoms with E-state index in [-0.39, 0.29) is 11.4 Å². The van der Waals surface area contributed by atoms with Gasteiger partial charge in [-0.15, -0.1) is 0 Å². The van der Waals surface area contributed by atoms with Gasteiger partial charge in [-0.3, -0.25) is 14.9 Å². The molecule has 1 atom stereocenters. The molecule has 0 saturated carbocycles. The molecule has 2 rings (SSSR count). The van der Waals surface area contributed by atoms with Crippen LogP contribution in [0.1, 0.15) is 24.5 Å². The number of hydrogen-bond acceptors (Lipinski definition) is 5.